The fraction of sp³-hybridized carbons (Fsp3) is 0.333. The number of ether oxygens (including phenoxy) is 1. The van der Waals surface area contributed by atoms with Gasteiger partial charge >= 0.3 is 0 Å². The number of rotatable bonds is 9. The lowest BCUT2D eigenvalue weighted by molar-refractivity contribution is -0.116. The smallest absolute Gasteiger partial charge is 0.261 e. The summed E-state index contributed by atoms with van der Waals surface area (Å²) in [5.74, 6) is 0.203. The van der Waals surface area contributed by atoms with E-state index in [1.54, 1.807) is 36.7 Å². The average molecular weight is 469 g/mol. The molecule has 1 aliphatic carbocycles. The van der Waals surface area contributed by atoms with Crippen LogP contribution >= 0.6 is 11.6 Å². The van der Waals surface area contributed by atoms with E-state index in [0.717, 1.165) is 31.9 Å². The first-order valence-electron chi connectivity index (χ1n) is 11.0. The summed E-state index contributed by atoms with van der Waals surface area (Å²) in [5, 5.41) is 26.0. The Hall–Kier alpha value is -3.39. The summed E-state index contributed by atoms with van der Waals surface area (Å²) in [6.07, 6.45) is 13.0. The molecule has 1 heterocycles. The van der Waals surface area contributed by atoms with Gasteiger partial charge in [-0.15, -0.1) is 0 Å². The maximum atomic E-state index is 13.1. The van der Waals surface area contributed by atoms with Gasteiger partial charge in [-0.25, -0.2) is 4.99 Å². The van der Waals surface area contributed by atoms with Gasteiger partial charge in [0.1, 0.15) is 11.6 Å². The summed E-state index contributed by atoms with van der Waals surface area (Å²) < 4.78 is 5.68. The maximum absolute atomic E-state index is 13.1. The molecule has 2 aliphatic rings. The summed E-state index contributed by atoms with van der Waals surface area (Å²) in [5.41, 5.74) is 0.807. The van der Waals surface area contributed by atoms with Gasteiger partial charge in [0, 0.05) is 41.5 Å². The number of halogens is 1. The van der Waals surface area contributed by atoms with E-state index in [1.807, 2.05) is 6.92 Å². The predicted molar refractivity (Wildman–Crippen MR) is 132 cm³/mol. The molecule has 9 heteroatoms. The van der Waals surface area contributed by atoms with E-state index in [4.69, 9.17) is 27.2 Å². The molecule has 5 N–H and O–H groups in total. The van der Waals surface area contributed by atoms with Crippen LogP contribution in [0.3, 0.4) is 0 Å². The Morgan fingerprint density at radius 3 is 2.79 bits per heavy atom. The number of benzene rings is 1. The van der Waals surface area contributed by atoms with Crippen molar-refractivity contribution in [1.82, 2.24) is 16.0 Å². The summed E-state index contributed by atoms with van der Waals surface area (Å²) in [7, 11) is 0. The molecule has 174 valence electrons. The van der Waals surface area contributed by atoms with Crippen molar-refractivity contribution in [2.75, 3.05) is 6.61 Å². The van der Waals surface area contributed by atoms with Crippen LogP contribution in [0, 0.1) is 10.8 Å². The quantitative estimate of drug-likeness (QED) is 0.277. The molecule has 1 amide bonds. The van der Waals surface area contributed by atoms with Crippen molar-refractivity contribution in [2.45, 2.75) is 45.1 Å². The van der Waals surface area contributed by atoms with E-state index in [9.17, 15) is 4.79 Å². The van der Waals surface area contributed by atoms with Crippen molar-refractivity contribution in [1.29, 1.82) is 10.8 Å². The van der Waals surface area contributed by atoms with Crippen molar-refractivity contribution in [3.05, 3.63) is 64.4 Å². The van der Waals surface area contributed by atoms with E-state index in [1.165, 1.54) is 12.6 Å². The first-order chi connectivity index (χ1) is 16.0. The first-order valence-corrected chi connectivity index (χ1v) is 11.4. The third-order valence-corrected chi connectivity index (χ3v) is 5.58. The SMILES string of the molecule is CCOc1ccc(Cl)cc1C(=N)/C(=C\NC1CCCCC1)NC(=O)/C(C=N)=C1\N=CC=CN1. The molecule has 1 saturated carbocycles. The van der Waals surface area contributed by atoms with Crippen molar-refractivity contribution in [3.8, 4) is 5.75 Å². The van der Waals surface area contributed by atoms with Gasteiger partial charge in [0.15, 0.2) is 0 Å². The minimum Gasteiger partial charge on any atom is -0.493 e. The molecule has 8 nitrogen and oxygen atoms in total. The number of aliphatic imine (C=N–C) groups is 1. The monoisotopic (exact) mass is 468 g/mol. The average Bonchev–Trinajstić information content (AvgIpc) is 2.84. The largest absolute Gasteiger partial charge is 0.493 e. The lowest BCUT2D eigenvalue weighted by Gasteiger charge is -2.23. The number of nitrogens with zero attached hydrogens (tertiary/aromatic N) is 1. The summed E-state index contributed by atoms with van der Waals surface area (Å²) in [4.78, 5) is 17.2. The third-order valence-electron chi connectivity index (χ3n) is 5.35. The number of carbonyl (C=O) groups excluding carboxylic acids is 1. The molecule has 33 heavy (non-hydrogen) atoms. The Labute approximate surface area is 198 Å². The van der Waals surface area contributed by atoms with Gasteiger partial charge in [0.2, 0.25) is 0 Å². The van der Waals surface area contributed by atoms with Gasteiger partial charge < -0.3 is 26.1 Å². The van der Waals surface area contributed by atoms with Crippen LogP contribution in [0.1, 0.15) is 44.6 Å². The molecule has 0 aromatic heterocycles. The van der Waals surface area contributed by atoms with Gasteiger partial charge in [0.05, 0.1) is 23.6 Å². The molecule has 0 bridgehead atoms. The third kappa shape index (κ3) is 6.55. The topological polar surface area (TPSA) is 122 Å². The van der Waals surface area contributed by atoms with Crippen molar-refractivity contribution >= 4 is 35.6 Å². The molecule has 0 atom stereocenters. The number of hydrogen-bond acceptors (Lipinski definition) is 7. The number of allylic oxidation sites excluding steroid dienone is 2. The molecule has 1 aromatic rings. The van der Waals surface area contributed by atoms with E-state index in [2.05, 4.69) is 20.9 Å². The number of hydrogen-bond donors (Lipinski definition) is 5. The Morgan fingerprint density at radius 2 is 2.12 bits per heavy atom. The predicted octanol–water partition coefficient (Wildman–Crippen LogP) is 4.04. The van der Waals surface area contributed by atoms with E-state index < -0.39 is 5.91 Å². The number of carbonyl (C=O) groups is 1. The van der Waals surface area contributed by atoms with Crippen LogP contribution in [0.15, 0.2) is 58.8 Å². The molecule has 0 radical (unpaired) electrons. The summed E-state index contributed by atoms with van der Waals surface area (Å²) in [6.45, 7) is 2.29. The number of nitrogens with one attached hydrogen (secondary N) is 5. The Morgan fingerprint density at radius 1 is 1.33 bits per heavy atom. The second kappa shape index (κ2) is 12.0. The fourth-order valence-electron chi connectivity index (χ4n) is 3.67. The minimum absolute atomic E-state index is 0.0445. The lowest BCUT2D eigenvalue weighted by atomic mass is 9.95. The highest BCUT2D eigenvalue weighted by Gasteiger charge is 2.21. The van der Waals surface area contributed by atoms with Gasteiger partial charge in [0.25, 0.3) is 5.91 Å². The van der Waals surface area contributed by atoms with Gasteiger partial charge in [-0.2, -0.15) is 0 Å². The van der Waals surface area contributed by atoms with Crippen LogP contribution in [0.4, 0.5) is 0 Å². The zero-order valence-electron chi connectivity index (χ0n) is 18.6. The highest BCUT2D eigenvalue weighted by molar-refractivity contribution is 6.31. The molecule has 1 aromatic carbocycles. The highest BCUT2D eigenvalue weighted by Crippen LogP contribution is 2.25. The Bertz CT molecular complexity index is 1020. The Balaban J connectivity index is 1.92. The molecule has 1 aliphatic heterocycles. The Kier molecular flexibility index (Phi) is 8.83. The molecule has 0 saturated heterocycles. The van der Waals surface area contributed by atoms with Gasteiger partial charge in [-0.05, 0) is 44.0 Å². The number of amides is 1. The van der Waals surface area contributed by atoms with Crippen molar-refractivity contribution in [3.63, 3.8) is 0 Å². The van der Waals surface area contributed by atoms with E-state index in [0.29, 0.717) is 22.9 Å². The minimum atomic E-state index is -0.554. The maximum Gasteiger partial charge on any atom is 0.261 e. The molecule has 0 unspecified atom stereocenters. The molecule has 3 rings (SSSR count). The van der Waals surface area contributed by atoms with Gasteiger partial charge in [-0.1, -0.05) is 30.9 Å². The molecule has 1 fully saturated rings. The zero-order chi connectivity index (χ0) is 23.6. The van der Waals surface area contributed by atoms with Crippen LogP contribution < -0.4 is 20.7 Å². The lowest BCUT2D eigenvalue weighted by Crippen LogP contribution is -2.34. The van der Waals surface area contributed by atoms with Crippen LogP contribution in [0.5, 0.6) is 5.75 Å². The normalized spacial score (nSPS) is 17.7. The molecular formula is C24H29ClN6O2. The van der Waals surface area contributed by atoms with Crippen LogP contribution in [-0.2, 0) is 4.79 Å². The highest BCUT2D eigenvalue weighted by atomic mass is 35.5. The van der Waals surface area contributed by atoms with Crippen molar-refractivity contribution in [2.24, 2.45) is 4.99 Å². The van der Waals surface area contributed by atoms with Crippen molar-refractivity contribution < 1.29 is 9.53 Å². The second-order valence-electron chi connectivity index (χ2n) is 7.65. The summed E-state index contributed by atoms with van der Waals surface area (Å²) in [6, 6.07) is 5.33. The zero-order valence-corrected chi connectivity index (χ0v) is 19.3. The first kappa shape index (κ1) is 24.3. The van der Waals surface area contributed by atoms with Crippen LogP contribution in [0.25, 0.3) is 0 Å². The fourth-order valence-corrected chi connectivity index (χ4v) is 3.84. The molecule has 0 spiro atoms. The molecular weight excluding hydrogens is 440 g/mol. The van der Waals surface area contributed by atoms with Gasteiger partial charge in [-0.3, -0.25) is 10.2 Å². The standard InChI is InChI=1S/C24H29ClN6O2/c1-2-33-21-10-9-16(25)13-18(21)22(27)20(15-30-17-7-4-3-5-8-17)31-24(32)19(14-26)23-28-11-6-12-29-23/h6,9-15,17,26-28,30H,2-5,7-8H2,1H3,(H,31,32)/b20-15+,23-19-,26-14?,27-22?. The van der Waals surface area contributed by atoms with E-state index >= 15 is 0 Å². The van der Waals surface area contributed by atoms with Crippen LogP contribution in [-0.4, -0.2) is 36.7 Å². The van der Waals surface area contributed by atoms with Crippen LogP contribution in [0.2, 0.25) is 5.02 Å². The van der Waals surface area contributed by atoms with E-state index in [-0.39, 0.29) is 28.8 Å². The summed E-state index contributed by atoms with van der Waals surface area (Å²) >= 11 is 6.20. The second-order valence-corrected chi connectivity index (χ2v) is 8.09.